The van der Waals surface area contributed by atoms with E-state index in [0.29, 0.717) is 15.0 Å². The van der Waals surface area contributed by atoms with Gasteiger partial charge in [-0.25, -0.2) is 9.78 Å². The van der Waals surface area contributed by atoms with Gasteiger partial charge >= 0.3 is 5.97 Å². The molecule has 0 aliphatic rings. The maximum atomic E-state index is 13.0. The van der Waals surface area contributed by atoms with E-state index in [9.17, 15) is 14.4 Å². The molecule has 0 fully saturated rings. The topological polar surface area (TPSA) is 97.4 Å². The van der Waals surface area contributed by atoms with E-state index in [-0.39, 0.29) is 16.8 Å². The lowest BCUT2D eigenvalue weighted by Gasteiger charge is -2.12. The van der Waals surface area contributed by atoms with Crippen LogP contribution in [0.15, 0.2) is 48.7 Å². The zero-order valence-electron chi connectivity index (χ0n) is 16.9. The Balaban J connectivity index is 1.68. The van der Waals surface area contributed by atoms with Gasteiger partial charge in [0.15, 0.2) is 5.13 Å². The molecule has 4 aromatic rings. The Morgan fingerprint density at radius 1 is 1.03 bits per heavy atom. The SMILES string of the molecule is COC(=O)c1ccc(NC(=O)c2sc3ccccc3c2Cl)c(C(=O)Nc2ncc(C)s2)c1. The first-order valence-corrected chi connectivity index (χ1v) is 11.3. The molecule has 2 heterocycles. The summed E-state index contributed by atoms with van der Waals surface area (Å²) in [5, 5.41) is 6.96. The van der Waals surface area contributed by atoms with Crippen molar-refractivity contribution in [2.45, 2.75) is 6.92 Å². The molecule has 0 spiro atoms. The molecule has 162 valence electrons. The molecule has 0 bridgehead atoms. The number of aromatic nitrogens is 1. The van der Waals surface area contributed by atoms with Gasteiger partial charge in [0.25, 0.3) is 11.8 Å². The summed E-state index contributed by atoms with van der Waals surface area (Å²) in [6.45, 7) is 1.87. The van der Waals surface area contributed by atoms with Crippen molar-refractivity contribution >= 4 is 73.0 Å². The quantitative estimate of drug-likeness (QED) is 0.358. The minimum atomic E-state index is -0.602. The first kappa shape index (κ1) is 21.9. The summed E-state index contributed by atoms with van der Waals surface area (Å²) >= 11 is 8.98. The van der Waals surface area contributed by atoms with Crippen molar-refractivity contribution < 1.29 is 19.1 Å². The van der Waals surface area contributed by atoms with Crippen LogP contribution < -0.4 is 10.6 Å². The molecule has 7 nitrogen and oxygen atoms in total. The van der Waals surface area contributed by atoms with Crippen LogP contribution in [0.5, 0.6) is 0 Å². The monoisotopic (exact) mass is 485 g/mol. The third-order valence-corrected chi connectivity index (χ3v) is 7.02. The van der Waals surface area contributed by atoms with Gasteiger partial charge in [0.1, 0.15) is 4.88 Å². The van der Waals surface area contributed by atoms with Gasteiger partial charge in [-0.1, -0.05) is 29.8 Å². The average molecular weight is 486 g/mol. The van der Waals surface area contributed by atoms with Gasteiger partial charge in [0.2, 0.25) is 0 Å². The van der Waals surface area contributed by atoms with Gasteiger partial charge in [-0.05, 0) is 31.2 Å². The Kier molecular flexibility index (Phi) is 6.22. The number of hydrogen-bond acceptors (Lipinski definition) is 7. The van der Waals surface area contributed by atoms with Crippen LogP contribution in [0, 0.1) is 6.92 Å². The second-order valence-electron chi connectivity index (χ2n) is 6.68. The molecule has 0 saturated carbocycles. The molecule has 0 saturated heterocycles. The molecule has 0 aliphatic carbocycles. The van der Waals surface area contributed by atoms with Gasteiger partial charge in [-0.2, -0.15) is 0 Å². The number of anilines is 2. The van der Waals surface area contributed by atoms with Crippen LogP contribution in [-0.2, 0) is 4.74 Å². The largest absolute Gasteiger partial charge is 0.465 e. The summed E-state index contributed by atoms with van der Waals surface area (Å²) in [5.74, 6) is -1.58. The van der Waals surface area contributed by atoms with Gasteiger partial charge in [-0.3, -0.25) is 14.9 Å². The first-order valence-electron chi connectivity index (χ1n) is 9.32. The fraction of sp³-hybridized carbons (Fsp3) is 0.0909. The van der Waals surface area contributed by atoms with E-state index in [2.05, 4.69) is 15.6 Å². The predicted molar refractivity (Wildman–Crippen MR) is 127 cm³/mol. The van der Waals surface area contributed by atoms with Crippen LogP contribution in [0.3, 0.4) is 0 Å². The van der Waals surface area contributed by atoms with Gasteiger partial charge in [0.05, 0.1) is 28.9 Å². The maximum absolute atomic E-state index is 13.0. The highest BCUT2D eigenvalue weighted by Gasteiger charge is 2.21. The lowest BCUT2D eigenvalue weighted by molar-refractivity contribution is 0.0600. The van der Waals surface area contributed by atoms with Crippen molar-refractivity contribution in [2.75, 3.05) is 17.7 Å². The summed E-state index contributed by atoms with van der Waals surface area (Å²) < 4.78 is 5.62. The summed E-state index contributed by atoms with van der Waals surface area (Å²) in [6.07, 6.45) is 1.64. The molecule has 10 heteroatoms. The fourth-order valence-electron chi connectivity index (χ4n) is 3.00. The summed E-state index contributed by atoms with van der Waals surface area (Å²) in [4.78, 5) is 43.3. The number of carbonyl (C=O) groups is 3. The van der Waals surface area contributed by atoms with E-state index in [1.165, 1.54) is 48.0 Å². The molecule has 2 amide bonds. The second kappa shape index (κ2) is 9.07. The molecular weight excluding hydrogens is 470 g/mol. The number of fused-ring (bicyclic) bond motifs is 1. The summed E-state index contributed by atoms with van der Waals surface area (Å²) in [6, 6.07) is 11.7. The van der Waals surface area contributed by atoms with Crippen LogP contribution in [0.2, 0.25) is 5.02 Å². The van der Waals surface area contributed by atoms with E-state index in [1.807, 2.05) is 31.2 Å². The van der Waals surface area contributed by atoms with E-state index < -0.39 is 17.8 Å². The van der Waals surface area contributed by atoms with E-state index >= 15 is 0 Å². The highest BCUT2D eigenvalue weighted by atomic mass is 35.5. The number of rotatable bonds is 5. The lowest BCUT2D eigenvalue weighted by atomic mass is 10.1. The van der Waals surface area contributed by atoms with Crippen LogP contribution in [0.4, 0.5) is 10.8 Å². The number of benzene rings is 2. The highest BCUT2D eigenvalue weighted by molar-refractivity contribution is 7.21. The molecular formula is C22H16ClN3O4S2. The van der Waals surface area contributed by atoms with Gasteiger partial charge < -0.3 is 10.1 Å². The number of thiophene rings is 1. The molecule has 2 aromatic carbocycles. The van der Waals surface area contributed by atoms with Crippen molar-refractivity contribution in [3.05, 3.63) is 74.6 Å². The standard InChI is InChI=1S/C22H16ClN3O4S2/c1-11-10-24-22(31-11)26-19(27)14-9-12(21(29)30-2)7-8-15(14)25-20(28)18-17(23)13-5-3-4-6-16(13)32-18/h3-10H,1-2H3,(H,25,28)(H,24,26,27). The van der Waals surface area contributed by atoms with E-state index in [1.54, 1.807) is 6.20 Å². The van der Waals surface area contributed by atoms with E-state index in [0.717, 1.165) is 15.0 Å². The Labute approximate surface area is 196 Å². The molecule has 0 unspecified atom stereocenters. The number of carbonyl (C=O) groups excluding carboxylic acids is 3. The molecule has 4 rings (SSSR count). The minimum absolute atomic E-state index is 0.0892. The summed E-state index contributed by atoms with van der Waals surface area (Å²) in [5.41, 5.74) is 0.485. The zero-order valence-corrected chi connectivity index (χ0v) is 19.3. The third kappa shape index (κ3) is 4.36. The molecule has 2 aromatic heterocycles. The van der Waals surface area contributed by atoms with Crippen molar-refractivity contribution in [3.63, 3.8) is 0 Å². The number of nitrogens with zero attached hydrogens (tertiary/aromatic N) is 1. The lowest BCUT2D eigenvalue weighted by Crippen LogP contribution is -2.19. The smallest absolute Gasteiger partial charge is 0.337 e. The van der Waals surface area contributed by atoms with Crippen molar-refractivity contribution in [2.24, 2.45) is 0 Å². The predicted octanol–water partition coefficient (Wildman–Crippen LogP) is 5.61. The number of hydrogen-bond donors (Lipinski definition) is 2. The van der Waals surface area contributed by atoms with Crippen LogP contribution >= 0.6 is 34.3 Å². The highest BCUT2D eigenvalue weighted by Crippen LogP contribution is 2.36. The van der Waals surface area contributed by atoms with Crippen LogP contribution in [0.1, 0.15) is 35.3 Å². The van der Waals surface area contributed by atoms with Crippen molar-refractivity contribution in [1.29, 1.82) is 0 Å². The third-order valence-electron chi connectivity index (χ3n) is 4.52. The zero-order chi connectivity index (χ0) is 22.8. The van der Waals surface area contributed by atoms with Crippen LogP contribution in [0.25, 0.3) is 10.1 Å². The van der Waals surface area contributed by atoms with Gasteiger partial charge in [-0.15, -0.1) is 22.7 Å². The maximum Gasteiger partial charge on any atom is 0.337 e. The number of amides is 2. The number of methoxy groups -OCH3 is 1. The second-order valence-corrected chi connectivity index (χ2v) is 9.34. The van der Waals surface area contributed by atoms with Gasteiger partial charge in [0, 0.05) is 21.2 Å². The average Bonchev–Trinajstić information content (AvgIpc) is 3.36. The Morgan fingerprint density at radius 2 is 1.81 bits per heavy atom. The Morgan fingerprint density at radius 3 is 2.50 bits per heavy atom. The number of aryl methyl sites for hydroxylation is 1. The molecule has 0 aliphatic heterocycles. The number of thiazole rings is 1. The van der Waals surface area contributed by atoms with Crippen molar-refractivity contribution in [1.82, 2.24) is 4.98 Å². The molecule has 0 atom stereocenters. The van der Waals surface area contributed by atoms with Crippen molar-refractivity contribution in [3.8, 4) is 0 Å². The number of ether oxygens (including phenoxy) is 1. The molecule has 0 radical (unpaired) electrons. The van der Waals surface area contributed by atoms with Crippen LogP contribution in [-0.4, -0.2) is 29.9 Å². The van der Waals surface area contributed by atoms with E-state index in [4.69, 9.17) is 16.3 Å². The minimum Gasteiger partial charge on any atom is -0.465 e. The Hall–Kier alpha value is -3.27. The Bertz CT molecular complexity index is 1360. The first-order chi connectivity index (χ1) is 15.4. The molecule has 2 N–H and O–H groups in total. The number of esters is 1. The molecule has 32 heavy (non-hydrogen) atoms. The normalized spacial score (nSPS) is 10.7. The fourth-order valence-corrected chi connectivity index (χ4v) is 5.07. The number of nitrogens with one attached hydrogen (secondary N) is 2. The number of halogens is 1. The summed E-state index contributed by atoms with van der Waals surface area (Å²) in [7, 11) is 1.25.